The minimum absolute atomic E-state index is 0.0203. The van der Waals surface area contributed by atoms with Crippen molar-refractivity contribution in [1.82, 2.24) is 4.57 Å². The van der Waals surface area contributed by atoms with Gasteiger partial charge in [-0.15, -0.1) is 0 Å². The van der Waals surface area contributed by atoms with Gasteiger partial charge in [0.1, 0.15) is 18.0 Å². The summed E-state index contributed by atoms with van der Waals surface area (Å²) in [4.78, 5) is 30.5. The first-order valence-corrected chi connectivity index (χ1v) is 10.6. The fourth-order valence-corrected chi connectivity index (χ4v) is 4.82. The Morgan fingerprint density at radius 3 is 2.26 bits per heavy atom. The summed E-state index contributed by atoms with van der Waals surface area (Å²) < 4.78 is 13.5. The number of hydrogen-bond donors (Lipinski definition) is 0. The Hall–Kier alpha value is -3.71. The van der Waals surface area contributed by atoms with Crippen LogP contribution < -0.4 is 9.54 Å². The normalized spacial score (nSPS) is 13.4. The zero-order valence-electron chi connectivity index (χ0n) is 16.6. The van der Waals surface area contributed by atoms with Crippen LogP contribution in [0.5, 0.6) is 11.5 Å². The molecular formula is C24H18N2O4S. The molecule has 0 saturated carbocycles. The van der Waals surface area contributed by atoms with Crippen molar-refractivity contribution in [1.29, 1.82) is 0 Å². The van der Waals surface area contributed by atoms with Crippen molar-refractivity contribution in [3.8, 4) is 11.5 Å². The van der Waals surface area contributed by atoms with E-state index >= 15 is 0 Å². The standard InChI is InChI=1S/C24H18N2O4S/c1-29-21(27)14-26-17-10-4-7-13-20(17)31-24(26)25-23(28)22-15-8-2-5-11-18(15)30-19-12-6-3-9-16(19)22/h2-13,22H,14H2,1H3. The summed E-state index contributed by atoms with van der Waals surface area (Å²) in [5, 5.41) is 0. The third-order valence-corrected chi connectivity index (χ3v) is 6.30. The smallest absolute Gasteiger partial charge is 0.325 e. The van der Waals surface area contributed by atoms with E-state index in [1.165, 1.54) is 18.4 Å². The molecule has 0 N–H and O–H groups in total. The zero-order valence-corrected chi connectivity index (χ0v) is 17.5. The number of para-hydroxylation sites is 3. The van der Waals surface area contributed by atoms with Crippen molar-refractivity contribution in [2.24, 2.45) is 4.99 Å². The molecule has 0 spiro atoms. The Morgan fingerprint density at radius 2 is 1.58 bits per heavy atom. The molecule has 1 aliphatic rings. The molecule has 0 aliphatic carbocycles. The third kappa shape index (κ3) is 3.43. The lowest BCUT2D eigenvalue weighted by Crippen LogP contribution is -2.25. The van der Waals surface area contributed by atoms with Crippen molar-refractivity contribution in [2.45, 2.75) is 12.5 Å². The van der Waals surface area contributed by atoms with E-state index in [-0.39, 0.29) is 12.5 Å². The zero-order chi connectivity index (χ0) is 21.4. The van der Waals surface area contributed by atoms with Crippen LogP contribution in [0.15, 0.2) is 77.8 Å². The molecule has 0 atom stereocenters. The monoisotopic (exact) mass is 430 g/mol. The number of amides is 1. The largest absolute Gasteiger partial charge is 0.468 e. The van der Waals surface area contributed by atoms with Crippen LogP contribution in [-0.4, -0.2) is 23.6 Å². The molecule has 0 radical (unpaired) electrons. The Morgan fingerprint density at radius 1 is 0.968 bits per heavy atom. The number of aromatic nitrogens is 1. The summed E-state index contributed by atoms with van der Waals surface area (Å²) in [5.41, 5.74) is 2.38. The van der Waals surface area contributed by atoms with Gasteiger partial charge in [0, 0.05) is 11.1 Å². The number of hydrogen-bond acceptors (Lipinski definition) is 5. The first-order chi connectivity index (χ1) is 15.2. The number of benzene rings is 3. The second-order valence-corrected chi connectivity index (χ2v) is 8.08. The van der Waals surface area contributed by atoms with E-state index in [0.717, 1.165) is 21.3 Å². The van der Waals surface area contributed by atoms with Gasteiger partial charge in [0.25, 0.3) is 5.91 Å². The van der Waals surface area contributed by atoms with Crippen molar-refractivity contribution >= 4 is 33.4 Å². The molecule has 4 aromatic rings. The summed E-state index contributed by atoms with van der Waals surface area (Å²) in [7, 11) is 1.34. The summed E-state index contributed by atoms with van der Waals surface area (Å²) >= 11 is 1.37. The van der Waals surface area contributed by atoms with Crippen LogP contribution in [0, 0.1) is 0 Å². The van der Waals surface area contributed by atoms with Gasteiger partial charge in [0.2, 0.25) is 0 Å². The van der Waals surface area contributed by atoms with E-state index in [0.29, 0.717) is 16.3 Å². The molecule has 1 aromatic heterocycles. The lowest BCUT2D eigenvalue weighted by Gasteiger charge is -2.25. The lowest BCUT2D eigenvalue weighted by molar-refractivity contribution is -0.141. The number of carbonyl (C=O) groups is 2. The summed E-state index contributed by atoms with van der Waals surface area (Å²) in [5.74, 6) is -0.00687. The summed E-state index contributed by atoms with van der Waals surface area (Å²) in [6.07, 6.45) is 0. The van der Waals surface area contributed by atoms with Gasteiger partial charge < -0.3 is 14.0 Å². The number of ether oxygens (including phenoxy) is 2. The molecule has 0 unspecified atom stereocenters. The van der Waals surface area contributed by atoms with E-state index in [2.05, 4.69) is 4.99 Å². The average Bonchev–Trinajstić information content (AvgIpc) is 3.13. The molecule has 2 heterocycles. The molecule has 31 heavy (non-hydrogen) atoms. The first-order valence-electron chi connectivity index (χ1n) is 9.75. The second kappa shape index (κ2) is 7.85. The number of fused-ring (bicyclic) bond motifs is 3. The van der Waals surface area contributed by atoms with Crippen molar-refractivity contribution in [2.75, 3.05) is 7.11 Å². The van der Waals surface area contributed by atoms with Crippen molar-refractivity contribution in [3.05, 3.63) is 88.7 Å². The fourth-order valence-electron chi connectivity index (χ4n) is 3.79. The molecule has 3 aromatic carbocycles. The molecule has 0 bridgehead atoms. The number of carbonyl (C=O) groups excluding carboxylic acids is 2. The maximum Gasteiger partial charge on any atom is 0.325 e. The molecule has 154 valence electrons. The molecule has 7 heteroatoms. The third-order valence-electron chi connectivity index (χ3n) is 5.24. The van der Waals surface area contributed by atoms with Crippen LogP contribution in [0.3, 0.4) is 0 Å². The average molecular weight is 430 g/mol. The molecule has 1 amide bonds. The van der Waals surface area contributed by atoms with E-state index < -0.39 is 11.9 Å². The van der Waals surface area contributed by atoms with Crippen LogP contribution >= 0.6 is 11.3 Å². The fraction of sp³-hybridized carbons (Fsp3) is 0.125. The number of nitrogens with zero attached hydrogens (tertiary/aromatic N) is 2. The number of esters is 1. The second-order valence-electron chi connectivity index (χ2n) is 7.08. The van der Waals surface area contributed by atoms with E-state index in [4.69, 9.17) is 9.47 Å². The highest BCUT2D eigenvalue weighted by Crippen LogP contribution is 2.44. The van der Waals surface area contributed by atoms with E-state index in [1.54, 1.807) is 4.57 Å². The van der Waals surface area contributed by atoms with Crippen LogP contribution in [0.25, 0.3) is 10.2 Å². The molecule has 0 saturated heterocycles. The highest BCUT2D eigenvalue weighted by molar-refractivity contribution is 7.16. The van der Waals surface area contributed by atoms with Crippen LogP contribution in [-0.2, 0) is 20.9 Å². The predicted molar refractivity (Wildman–Crippen MR) is 117 cm³/mol. The summed E-state index contributed by atoms with van der Waals surface area (Å²) in [6, 6.07) is 22.6. The topological polar surface area (TPSA) is 69.9 Å². The maximum absolute atomic E-state index is 13.5. The van der Waals surface area contributed by atoms with E-state index in [9.17, 15) is 9.59 Å². The van der Waals surface area contributed by atoms with Crippen molar-refractivity contribution < 1.29 is 19.1 Å². The lowest BCUT2D eigenvalue weighted by atomic mass is 9.87. The Balaban J connectivity index is 1.67. The maximum atomic E-state index is 13.5. The minimum Gasteiger partial charge on any atom is -0.468 e. The van der Waals surface area contributed by atoms with Crippen molar-refractivity contribution in [3.63, 3.8) is 0 Å². The quantitative estimate of drug-likeness (QED) is 0.456. The predicted octanol–water partition coefficient (Wildman–Crippen LogP) is 4.24. The Kier molecular flexibility index (Phi) is 4.88. The van der Waals surface area contributed by atoms with Gasteiger partial charge in [0.05, 0.1) is 23.2 Å². The van der Waals surface area contributed by atoms with Gasteiger partial charge in [-0.25, -0.2) is 0 Å². The highest BCUT2D eigenvalue weighted by Gasteiger charge is 2.32. The van der Waals surface area contributed by atoms with Crippen LogP contribution in [0.1, 0.15) is 17.0 Å². The number of thiazole rings is 1. The van der Waals surface area contributed by atoms with Gasteiger partial charge in [-0.3, -0.25) is 9.59 Å². The Bertz CT molecular complexity index is 1340. The molecule has 6 nitrogen and oxygen atoms in total. The summed E-state index contributed by atoms with van der Waals surface area (Å²) in [6.45, 7) is -0.0203. The van der Waals surface area contributed by atoms with Gasteiger partial charge in [-0.1, -0.05) is 59.9 Å². The molecule has 0 fully saturated rings. The van der Waals surface area contributed by atoms with Gasteiger partial charge in [0.15, 0.2) is 4.80 Å². The van der Waals surface area contributed by atoms with E-state index in [1.807, 2.05) is 72.8 Å². The van der Waals surface area contributed by atoms with Crippen LogP contribution in [0.2, 0.25) is 0 Å². The number of methoxy groups -OCH3 is 1. The Labute approximate surface area is 182 Å². The van der Waals surface area contributed by atoms with Crippen LogP contribution in [0.4, 0.5) is 0 Å². The number of rotatable bonds is 3. The molecular weight excluding hydrogens is 412 g/mol. The molecule has 5 rings (SSSR count). The van der Waals surface area contributed by atoms with Gasteiger partial charge in [-0.05, 0) is 24.3 Å². The highest BCUT2D eigenvalue weighted by atomic mass is 32.1. The minimum atomic E-state index is -0.585. The SMILES string of the molecule is COC(=O)Cn1c(=NC(=O)C2c3ccccc3Oc3ccccc32)sc2ccccc21. The van der Waals surface area contributed by atoms with Gasteiger partial charge >= 0.3 is 5.97 Å². The van der Waals surface area contributed by atoms with Gasteiger partial charge in [-0.2, -0.15) is 4.99 Å². The first kappa shape index (κ1) is 19.3. The molecule has 1 aliphatic heterocycles.